The molecule has 1 N–H and O–H groups in total. The topological polar surface area (TPSA) is 63.2 Å². The molecular formula is C20H27N3O3. The first-order valence-corrected chi connectivity index (χ1v) is 9.71. The van der Waals surface area contributed by atoms with Gasteiger partial charge in [-0.05, 0) is 37.8 Å². The number of carbonyl (C=O) groups is 1. The van der Waals surface area contributed by atoms with E-state index in [9.17, 15) is 4.79 Å². The molecule has 1 saturated carbocycles. The normalized spacial score (nSPS) is 22.3. The molecule has 140 valence electrons. The molecule has 1 saturated heterocycles. The summed E-state index contributed by atoms with van der Waals surface area (Å²) in [4.78, 5) is 12.9. The summed E-state index contributed by atoms with van der Waals surface area (Å²) in [5, 5.41) is 9.69. The van der Waals surface area contributed by atoms with E-state index in [1.54, 1.807) is 12.1 Å². The SMILES string of the molecule is COc1ccc2c(c1)NC(=O)N(C1CCOCC1)N=C2C1CCCCC1. The molecule has 0 spiro atoms. The second kappa shape index (κ2) is 7.66. The number of amides is 2. The van der Waals surface area contributed by atoms with Gasteiger partial charge in [0.2, 0.25) is 0 Å². The van der Waals surface area contributed by atoms with Crippen molar-refractivity contribution in [1.82, 2.24) is 5.01 Å². The summed E-state index contributed by atoms with van der Waals surface area (Å²) in [5.41, 5.74) is 2.88. The van der Waals surface area contributed by atoms with Crippen molar-refractivity contribution in [2.24, 2.45) is 11.0 Å². The minimum atomic E-state index is -0.155. The van der Waals surface area contributed by atoms with Crippen molar-refractivity contribution < 1.29 is 14.3 Å². The van der Waals surface area contributed by atoms with Gasteiger partial charge in [0.05, 0.1) is 24.6 Å². The van der Waals surface area contributed by atoms with Crippen LogP contribution in [0.25, 0.3) is 0 Å². The van der Waals surface area contributed by atoms with Gasteiger partial charge in [0.25, 0.3) is 0 Å². The van der Waals surface area contributed by atoms with Gasteiger partial charge in [-0.1, -0.05) is 19.3 Å². The molecule has 2 heterocycles. The Balaban J connectivity index is 1.74. The van der Waals surface area contributed by atoms with Crippen molar-refractivity contribution in [3.05, 3.63) is 23.8 Å². The first-order chi connectivity index (χ1) is 12.8. The molecule has 26 heavy (non-hydrogen) atoms. The second-order valence-corrected chi connectivity index (χ2v) is 7.35. The van der Waals surface area contributed by atoms with E-state index in [0.29, 0.717) is 19.1 Å². The minimum absolute atomic E-state index is 0.0959. The smallest absolute Gasteiger partial charge is 0.342 e. The van der Waals surface area contributed by atoms with Gasteiger partial charge in [0.15, 0.2) is 0 Å². The number of urea groups is 1. The third kappa shape index (κ3) is 3.43. The quantitative estimate of drug-likeness (QED) is 0.889. The molecule has 0 radical (unpaired) electrons. The number of anilines is 1. The highest BCUT2D eigenvalue weighted by molar-refractivity contribution is 6.11. The maximum atomic E-state index is 12.9. The third-order valence-electron chi connectivity index (χ3n) is 5.70. The van der Waals surface area contributed by atoms with Crippen LogP contribution in [0.2, 0.25) is 0 Å². The van der Waals surface area contributed by atoms with Gasteiger partial charge in [-0.15, -0.1) is 0 Å². The van der Waals surface area contributed by atoms with Crippen LogP contribution in [0.5, 0.6) is 5.75 Å². The van der Waals surface area contributed by atoms with Crippen molar-refractivity contribution >= 4 is 17.4 Å². The number of methoxy groups -OCH3 is 1. The first-order valence-electron chi connectivity index (χ1n) is 9.71. The van der Waals surface area contributed by atoms with E-state index >= 15 is 0 Å². The maximum absolute atomic E-state index is 12.9. The highest BCUT2D eigenvalue weighted by Crippen LogP contribution is 2.34. The van der Waals surface area contributed by atoms with Crippen molar-refractivity contribution in [2.45, 2.75) is 51.0 Å². The van der Waals surface area contributed by atoms with Crippen LogP contribution in [0.15, 0.2) is 23.3 Å². The average Bonchev–Trinajstić information content (AvgIpc) is 2.84. The van der Waals surface area contributed by atoms with Gasteiger partial charge in [0.1, 0.15) is 5.75 Å². The average molecular weight is 357 g/mol. The lowest BCUT2D eigenvalue weighted by Crippen LogP contribution is -2.42. The summed E-state index contributed by atoms with van der Waals surface area (Å²) in [7, 11) is 1.64. The van der Waals surface area contributed by atoms with Gasteiger partial charge in [-0.25, -0.2) is 9.80 Å². The summed E-state index contributed by atoms with van der Waals surface area (Å²) in [5.74, 6) is 1.15. The molecule has 0 aromatic heterocycles. The zero-order chi connectivity index (χ0) is 17.9. The zero-order valence-electron chi connectivity index (χ0n) is 15.4. The largest absolute Gasteiger partial charge is 0.497 e. The summed E-state index contributed by atoms with van der Waals surface area (Å²) < 4.78 is 10.8. The van der Waals surface area contributed by atoms with E-state index in [1.165, 1.54) is 19.3 Å². The molecule has 6 nitrogen and oxygen atoms in total. The fourth-order valence-electron chi connectivity index (χ4n) is 4.22. The number of carbonyl (C=O) groups excluding carboxylic acids is 1. The van der Waals surface area contributed by atoms with E-state index in [4.69, 9.17) is 14.6 Å². The van der Waals surface area contributed by atoms with Gasteiger partial charge in [-0.3, -0.25) is 0 Å². The van der Waals surface area contributed by atoms with Gasteiger partial charge < -0.3 is 14.8 Å². The molecule has 3 aliphatic rings. The predicted molar refractivity (Wildman–Crippen MR) is 101 cm³/mol. The number of ether oxygens (including phenoxy) is 2. The molecule has 2 aliphatic heterocycles. The Morgan fingerprint density at radius 3 is 2.65 bits per heavy atom. The van der Waals surface area contributed by atoms with Crippen LogP contribution in [0, 0.1) is 5.92 Å². The Labute approximate surface area is 154 Å². The third-order valence-corrected chi connectivity index (χ3v) is 5.70. The molecular weight excluding hydrogens is 330 g/mol. The lowest BCUT2D eigenvalue weighted by atomic mass is 9.83. The van der Waals surface area contributed by atoms with Gasteiger partial charge in [-0.2, -0.15) is 5.10 Å². The summed E-state index contributed by atoms with van der Waals surface area (Å²) >= 11 is 0. The Morgan fingerprint density at radius 1 is 1.15 bits per heavy atom. The fourth-order valence-corrected chi connectivity index (χ4v) is 4.22. The lowest BCUT2D eigenvalue weighted by Gasteiger charge is -2.31. The summed E-state index contributed by atoms with van der Waals surface area (Å²) in [6.07, 6.45) is 7.69. The highest BCUT2D eigenvalue weighted by Gasteiger charge is 2.32. The standard InChI is InChI=1S/C20H27N3O3/c1-25-16-7-8-17-18(13-16)21-20(24)23(15-9-11-26-12-10-15)22-19(17)14-5-3-2-4-6-14/h7-8,13-15H,2-6,9-12H2,1H3,(H,21,24). The molecule has 2 amide bonds. The number of benzene rings is 1. The Morgan fingerprint density at radius 2 is 1.92 bits per heavy atom. The lowest BCUT2D eigenvalue weighted by molar-refractivity contribution is 0.0487. The van der Waals surface area contributed by atoms with Gasteiger partial charge in [0, 0.05) is 30.8 Å². The van der Waals surface area contributed by atoms with Gasteiger partial charge >= 0.3 is 6.03 Å². The van der Waals surface area contributed by atoms with E-state index in [0.717, 1.165) is 48.4 Å². The van der Waals surface area contributed by atoms with Crippen LogP contribution in [0.1, 0.15) is 50.5 Å². The fraction of sp³-hybridized carbons (Fsp3) is 0.600. The highest BCUT2D eigenvalue weighted by atomic mass is 16.5. The number of hydrogen-bond acceptors (Lipinski definition) is 4. The summed E-state index contributed by atoms with van der Waals surface area (Å²) in [6.45, 7) is 1.37. The first kappa shape index (κ1) is 17.3. The molecule has 0 unspecified atom stereocenters. The molecule has 0 bridgehead atoms. The zero-order valence-corrected chi connectivity index (χ0v) is 15.4. The van der Waals surface area contributed by atoms with Crippen LogP contribution in [-0.2, 0) is 4.74 Å². The molecule has 4 rings (SSSR count). The molecule has 1 aliphatic carbocycles. The van der Waals surface area contributed by atoms with E-state index in [1.807, 2.05) is 18.2 Å². The summed E-state index contributed by atoms with van der Waals surface area (Å²) in [6, 6.07) is 5.83. The van der Waals surface area contributed by atoms with Crippen LogP contribution in [0.3, 0.4) is 0 Å². The number of fused-ring (bicyclic) bond motifs is 1. The van der Waals surface area contributed by atoms with Crippen LogP contribution >= 0.6 is 0 Å². The van der Waals surface area contributed by atoms with Crippen LogP contribution in [0.4, 0.5) is 10.5 Å². The van der Waals surface area contributed by atoms with Crippen LogP contribution in [-0.4, -0.2) is 43.1 Å². The van der Waals surface area contributed by atoms with Crippen molar-refractivity contribution in [3.63, 3.8) is 0 Å². The number of nitrogens with one attached hydrogen (secondary N) is 1. The van der Waals surface area contributed by atoms with E-state index < -0.39 is 0 Å². The Bertz CT molecular complexity index is 692. The maximum Gasteiger partial charge on any atom is 0.342 e. The number of nitrogens with zero attached hydrogens (tertiary/aromatic N) is 2. The number of rotatable bonds is 3. The molecule has 0 atom stereocenters. The molecule has 6 heteroatoms. The van der Waals surface area contributed by atoms with Crippen molar-refractivity contribution in [2.75, 3.05) is 25.6 Å². The number of hydrogen-bond donors (Lipinski definition) is 1. The van der Waals surface area contributed by atoms with Crippen molar-refractivity contribution in [3.8, 4) is 5.75 Å². The monoisotopic (exact) mass is 357 g/mol. The van der Waals surface area contributed by atoms with Crippen LogP contribution < -0.4 is 10.1 Å². The predicted octanol–water partition coefficient (Wildman–Crippen LogP) is 4.01. The Hall–Kier alpha value is -2.08. The molecule has 2 fully saturated rings. The molecule has 1 aromatic carbocycles. The molecule has 1 aromatic rings. The number of hydrazone groups is 1. The van der Waals surface area contributed by atoms with Crippen molar-refractivity contribution in [1.29, 1.82) is 0 Å². The minimum Gasteiger partial charge on any atom is -0.497 e. The second-order valence-electron chi connectivity index (χ2n) is 7.35. The van der Waals surface area contributed by atoms with E-state index in [2.05, 4.69) is 5.32 Å². The Kier molecular flexibility index (Phi) is 5.11. The van der Waals surface area contributed by atoms with E-state index in [-0.39, 0.29) is 12.1 Å².